The number of carboxylic acid groups (broad SMARTS) is 1. The first kappa shape index (κ1) is 12.3. The number of aliphatic carboxylic acids is 1. The Bertz CT molecular complexity index is 170. The van der Waals surface area contributed by atoms with Crippen LogP contribution in [0.4, 0.5) is 0 Å². The van der Waals surface area contributed by atoms with E-state index in [1.54, 1.807) is 6.92 Å². The zero-order chi connectivity index (χ0) is 10.6. The van der Waals surface area contributed by atoms with E-state index in [0.29, 0.717) is 0 Å². The molecule has 0 amide bonds. The fourth-order valence-corrected chi connectivity index (χ4v) is 0.911. The van der Waals surface area contributed by atoms with Gasteiger partial charge < -0.3 is 20.4 Å². The largest absolute Gasteiger partial charge is 0.481 e. The van der Waals surface area contributed by atoms with Crippen LogP contribution < -0.4 is 0 Å². The predicted molar refractivity (Wildman–Crippen MR) is 45.1 cm³/mol. The summed E-state index contributed by atoms with van der Waals surface area (Å²) in [6, 6.07) is 0. The summed E-state index contributed by atoms with van der Waals surface area (Å²) in [5.41, 5.74) is 0. The van der Waals surface area contributed by atoms with E-state index in [0.717, 1.165) is 0 Å². The Morgan fingerprint density at radius 1 is 1.23 bits per heavy atom. The van der Waals surface area contributed by atoms with Gasteiger partial charge in [0.2, 0.25) is 0 Å². The molecule has 78 valence electrons. The third-order valence-corrected chi connectivity index (χ3v) is 2.06. The summed E-state index contributed by atoms with van der Waals surface area (Å²) in [5, 5.41) is 36.1. The monoisotopic (exact) mass is 192 g/mol. The van der Waals surface area contributed by atoms with Crippen molar-refractivity contribution in [1.82, 2.24) is 0 Å². The number of rotatable bonds is 5. The molecule has 0 fully saturated rings. The topological polar surface area (TPSA) is 98.0 Å². The summed E-state index contributed by atoms with van der Waals surface area (Å²) in [4.78, 5) is 10.4. The minimum atomic E-state index is -1.44. The van der Waals surface area contributed by atoms with Gasteiger partial charge in [-0.05, 0) is 13.3 Å². The van der Waals surface area contributed by atoms with Crippen molar-refractivity contribution in [2.24, 2.45) is 5.92 Å². The maximum absolute atomic E-state index is 10.4. The summed E-state index contributed by atoms with van der Waals surface area (Å²) in [6.45, 7) is 2.91. The maximum atomic E-state index is 10.4. The van der Waals surface area contributed by atoms with Gasteiger partial charge in [0.05, 0.1) is 18.1 Å². The second kappa shape index (κ2) is 5.16. The summed E-state index contributed by atoms with van der Waals surface area (Å²) in [6.07, 6.45) is -3.66. The van der Waals surface area contributed by atoms with Gasteiger partial charge in [-0.15, -0.1) is 0 Å². The molecule has 0 unspecified atom stereocenters. The zero-order valence-corrected chi connectivity index (χ0v) is 7.71. The molecule has 0 bridgehead atoms. The van der Waals surface area contributed by atoms with E-state index < -0.39 is 30.2 Å². The van der Waals surface area contributed by atoms with Crippen LogP contribution in [0.15, 0.2) is 0 Å². The normalized spacial score (nSPS) is 20.4. The van der Waals surface area contributed by atoms with E-state index in [2.05, 4.69) is 0 Å². The van der Waals surface area contributed by atoms with Crippen LogP contribution in [0, 0.1) is 5.92 Å². The molecular weight excluding hydrogens is 176 g/mol. The van der Waals surface area contributed by atoms with Gasteiger partial charge in [-0.1, -0.05) is 6.92 Å². The third kappa shape index (κ3) is 3.30. The van der Waals surface area contributed by atoms with Crippen LogP contribution in [0.2, 0.25) is 0 Å². The molecular formula is C8H16O5. The van der Waals surface area contributed by atoms with Crippen LogP contribution in [0.25, 0.3) is 0 Å². The molecule has 0 rings (SSSR count). The molecule has 4 atom stereocenters. The van der Waals surface area contributed by atoms with E-state index in [9.17, 15) is 15.0 Å². The molecule has 0 saturated heterocycles. The lowest BCUT2D eigenvalue weighted by Crippen LogP contribution is -2.43. The van der Waals surface area contributed by atoms with Gasteiger partial charge in [0.15, 0.2) is 0 Å². The first-order valence-electron chi connectivity index (χ1n) is 4.18. The van der Waals surface area contributed by atoms with Gasteiger partial charge in [-0.25, -0.2) is 0 Å². The number of hydrogen-bond acceptors (Lipinski definition) is 4. The lowest BCUT2D eigenvalue weighted by atomic mass is 9.95. The average Bonchev–Trinajstić information content (AvgIpc) is 2.12. The van der Waals surface area contributed by atoms with Gasteiger partial charge in [0.1, 0.15) is 6.10 Å². The highest BCUT2D eigenvalue weighted by Crippen LogP contribution is 2.12. The summed E-state index contributed by atoms with van der Waals surface area (Å²) in [7, 11) is 0. The molecule has 0 aliphatic carbocycles. The molecule has 0 spiro atoms. The van der Waals surface area contributed by atoms with E-state index in [1.807, 2.05) is 0 Å². The highest BCUT2D eigenvalue weighted by Gasteiger charge is 2.31. The maximum Gasteiger partial charge on any atom is 0.308 e. The Balaban J connectivity index is 4.24. The lowest BCUT2D eigenvalue weighted by molar-refractivity contribution is -0.151. The first-order chi connectivity index (χ1) is 5.91. The molecule has 0 radical (unpaired) electrons. The van der Waals surface area contributed by atoms with Crippen molar-refractivity contribution in [3.63, 3.8) is 0 Å². The standard InChI is InChI=1S/C8H16O5/c1-3-5(9)7(11)6(10)4(2)8(12)13/h4-7,9-11H,3H2,1-2H3,(H,12,13)/t4-,5-,6-,7-/m1/s1. The van der Waals surface area contributed by atoms with Crippen LogP contribution >= 0.6 is 0 Å². The van der Waals surface area contributed by atoms with E-state index in [-0.39, 0.29) is 6.42 Å². The van der Waals surface area contributed by atoms with Crippen molar-refractivity contribution < 1.29 is 25.2 Å². The van der Waals surface area contributed by atoms with Crippen molar-refractivity contribution >= 4 is 5.97 Å². The molecule has 0 heterocycles. The molecule has 0 aliphatic heterocycles. The van der Waals surface area contributed by atoms with E-state index >= 15 is 0 Å². The molecule has 5 heteroatoms. The Labute approximate surface area is 76.6 Å². The smallest absolute Gasteiger partial charge is 0.308 e. The molecule has 0 aromatic heterocycles. The highest BCUT2D eigenvalue weighted by molar-refractivity contribution is 5.70. The van der Waals surface area contributed by atoms with Gasteiger partial charge >= 0.3 is 5.97 Å². The summed E-state index contributed by atoms with van der Waals surface area (Å²) < 4.78 is 0. The van der Waals surface area contributed by atoms with Crippen molar-refractivity contribution in [3.05, 3.63) is 0 Å². The third-order valence-electron chi connectivity index (χ3n) is 2.06. The summed E-state index contributed by atoms with van der Waals surface area (Å²) >= 11 is 0. The van der Waals surface area contributed by atoms with E-state index in [1.165, 1.54) is 6.92 Å². The van der Waals surface area contributed by atoms with Crippen LogP contribution in [-0.2, 0) is 4.79 Å². The molecule has 0 aromatic carbocycles. The van der Waals surface area contributed by atoms with Crippen molar-refractivity contribution in [2.45, 2.75) is 38.6 Å². The molecule has 5 nitrogen and oxygen atoms in total. The van der Waals surface area contributed by atoms with E-state index in [4.69, 9.17) is 10.2 Å². The minimum Gasteiger partial charge on any atom is -0.481 e. The van der Waals surface area contributed by atoms with Gasteiger partial charge in [-0.3, -0.25) is 4.79 Å². The molecule has 4 N–H and O–H groups in total. The Morgan fingerprint density at radius 2 is 1.69 bits per heavy atom. The van der Waals surface area contributed by atoms with Gasteiger partial charge in [0.25, 0.3) is 0 Å². The summed E-state index contributed by atoms with van der Waals surface area (Å²) in [5.74, 6) is -2.29. The fraction of sp³-hybridized carbons (Fsp3) is 0.875. The quantitative estimate of drug-likeness (QED) is 0.457. The van der Waals surface area contributed by atoms with Crippen LogP contribution in [0.5, 0.6) is 0 Å². The zero-order valence-electron chi connectivity index (χ0n) is 7.71. The first-order valence-corrected chi connectivity index (χ1v) is 4.18. The Hall–Kier alpha value is -0.650. The molecule has 0 saturated carbocycles. The Kier molecular flexibility index (Phi) is 4.90. The van der Waals surface area contributed by atoms with Gasteiger partial charge in [-0.2, -0.15) is 0 Å². The average molecular weight is 192 g/mol. The second-order valence-electron chi connectivity index (χ2n) is 3.08. The number of hydrogen-bond donors (Lipinski definition) is 4. The van der Waals surface area contributed by atoms with Crippen molar-refractivity contribution in [1.29, 1.82) is 0 Å². The van der Waals surface area contributed by atoms with Crippen molar-refractivity contribution in [2.75, 3.05) is 0 Å². The second-order valence-corrected chi connectivity index (χ2v) is 3.08. The van der Waals surface area contributed by atoms with Crippen LogP contribution in [0.1, 0.15) is 20.3 Å². The lowest BCUT2D eigenvalue weighted by Gasteiger charge is -2.24. The Morgan fingerprint density at radius 3 is 2.00 bits per heavy atom. The van der Waals surface area contributed by atoms with Crippen molar-refractivity contribution in [3.8, 4) is 0 Å². The molecule has 0 aliphatic rings. The predicted octanol–water partition coefficient (Wildman–Crippen LogP) is -0.800. The fourth-order valence-electron chi connectivity index (χ4n) is 0.911. The molecule has 0 aromatic rings. The number of carboxylic acids is 1. The number of aliphatic hydroxyl groups is 3. The van der Waals surface area contributed by atoms with Crippen LogP contribution in [-0.4, -0.2) is 44.7 Å². The molecule has 13 heavy (non-hydrogen) atoms. The minimum absolute atomic E-state index is 0.268. The van der Waals surface area contributed by atoms with Crippen LogP contribution in [0.3, 0.4) is 0 Å². The number of aliphatic hydroxyl groups excluding tert-OH is 3. The van der Waals surface area contributed by atoms with Gasteiger partial charge in [0, 0.05) is 0 Å². The highest BCUT2D eigenvalue weighted by atomic mass is 16.4. The SMILES string of the molecule is CC[C@@H](O)[C@@H](O)[C@H](O)[C@@H](C)C(=O)O. The number of carbonyl (C=O) groups is 1.